The van der Waals surface area contributed by atoms with Gasteiger partial charge in [0.15, 0.2) is 5.82 Å². The van der Waals surface area contributed by atoms with E-state index in [0.29, 0.717) is 37.0 Å². The molecule has 1 saturated carbocycles. The van der Waals surface area contributed by atoms with Gasteiger partial charge >= 0.3 is 0 Å². The lowest BCUT2D eigenvalue weighted by Crippen LogP contribution is -2.38. The fourth-order valence-electron chi connectivity index (χ4n) is 3.23. The number of aromatic nitrogens is 1. The van der Waals surface area contributed by atoms with Crippen molar-refractivity contribution in [2.75, 3.05) is 25.6 Å². The van der Waals surface area contributed by atoms with Crippen LogP contribution in [0.15, 0.2) is 56.5 Å². The van der Waals surface area contributed by atoms with Gasteiger partial charge in [0.25, 0.3) is 11.5 Å². The van der Waals surface area contributed by atoms with Crippen LogP contribution in [0, 0.1) is 0 Å². The fraction of sp³-hybridized carbons (Fsp3) is 0.400. The summed E-state index contributed by atoms with van der Waals surface area (Å²) in [6, 6.07) is 2.96. The van der Waals surface area contributed by atoms with Crippen molar-refractivity contribution in [3.05, 3.63) is 52.0 Å². The minimum Gasteiger partial charge on any atom is -0.377 e. The third kappa shape index (κ3) is 4.08. The van der Waals surface area contributed by atoms with Gasteiger partial charge in [-0.15, -0.1) is 0 Å². The molecule has 0 unspecified atom stereocenters. The van der Waals surface area contributed by atoms with Crippen LogP contribution in [0.4, 0.5) is 10.1 Å². The van der Waals surface area contributed by atoms with Gasteiger partial charge in [-0.05, 0) is 19.1 Å². The quantitative estimate of drug-likeness (QED) is 0.453. The molecule has 0 aromatic carbocycles. The van der Waals surface area contributed by atoms with Crippen molar-refractivity contribution in [3.8, 4) is 0 Å². The molecule has 2 atom stereocenters. The van der Waals surface area contributed by atoms with Crippen molar-refractivity contribution < 1.29 is 13.9 Å². The number of rotatable bonds is 6. The van der Waals surface area contributed by atoms with E-state index in [1.54, 1.807) is 42.9 Å². The van der Waals surface area contributed by atoms with Gasteiger partial charge in [-0.3, -0.25) is 9.59 Å². The topological polar surface area (TPSA) is 112 Å². The van der Waals surface area contributed by atoms with E-state index < -0.39 is 18.1 Å². The number of nitrogens with zero attached hydrogens (tertiary/aromatic N) is 4. The average molecular weight is 429 g/mol. The molecule has 3 heterocycles. The van der Waals surface area contributed by atoms with E-state index >= 15 is 0 Å². The highest BCUT2D eigenvalue weighted by atomic mass is 19.1. The van der Waals surface area contributed by atoms with Gasteiger partial charge in [0.1, 0.15) is 23.5 Å². The molecule has 1 aromatic rings. The van der Waals surface area contributed by atoms with Crippen LogP contribution in [-0.4, -0.2) is 60.5 Å². The summed E-state index contributed by atoms with van der Waals surface area (Å²) in [5, 5.41) is 13.9. The summed E-state index contributed by atoms with van der Waals surface area (Å²) in [7, 11) is 1.68. The number of hydrazone groups is 1. The van der Waals surface area contributed by atoms with E-state index in [9.17, 15) is 14.0 Å². The first-order chi connectivity index (χ1) is 14.9. The first-order valence-electron chi connectivity index (χ1n) is 9.89. The highest BCUT2D eigenvalue weighted by Gasteiger charge is 2.39. The summed E-state index contributed by atoms with van der Waals surface area (Å²) >= 11 is 0. The number of halogens is 1. The number of ether oxygens (including phenoxy) is 1. The lowest BCUT2D eigenvalue weighted by atomic mass is 10.2. The largest absolute Gasteiger partial charge is 0.377 e. The molecule has 2 aliphatic heterocycles. The van der Waals surface area contributed by atoms with E-state index in [4.69, 9.17) is 4.74 Å². The second-order valence-electron chi connectivity index (χ2n) is 7.46. The third-order valence-corrected chi connectivity index (χ3v) is 5.28. The van der Waals surface area contributed by atoms with Crippen LogP contribution < -0.4 is 21.5 Å². The van der Waals surface area contributed by atoms with Crippen LogP contribution in [0.5, 0.6) is 0 Å². The molecule has 1 aliphatic carbocycles. The summed E-state index contributed by atoms with van der Waals surface area (Å²) < 4.78 is 20.0. The second kappa shape index (κ2) is 8.34. The minimum atomic E-state index is -1.02. The van der Waals surface area contributed by atoms with Crippen LogP contribution in [0.2, 0.25) is 0 Å². The molecule has 1 saturated heterocycles. The number of carbonyl (C=O) groups excluding carboxylic acids is 1. The summed E-state index contributed by atoms with van der Waals surface area (Å²) in [4.78, 5) is 29.9. The van der Waals surface area contributed by atoms with E-state index in [1.165, 1.54) is 5.01 Å². The molecule has 3 aliphatic rings. The number of amides is 1. The molecule has 0 spiro atoms. The molecule has 10 nitrogen and oxygen atoms in total. The number of aliphatic imine (C=N–C) groups is 1. The number of amidine groups is 1. The predicted molar refractivity (Wildman–Crippen MR) is 114 cm³/mol. The Kier molecular flexibility index (Phi) is 5.59. The summed E-state index contributed by atoms with van der Waals surface area (Å²) in [6.45, 7) is 6.11. The monoisotopic (exact) mass is 429 g/mol. The molecule has 11 heteroatoms. The van der Waals surface area contributed by atoms with Gasteiger partial charge in [-0.2, -0.15) is 10.1 Å². The maximum absolute atomic E-state index is 13.2. The third-order valence-electron chi connectivity index (χ3n) is 5.28. The van der Waals surface area contributed by atoms with Gasteiger partial charge in [-0.1, -0.05) is 0 Å². The van der Waals surface area contributed by atoms with Crippen LogP contribution in [0.3, 0.4) is 0 Å². The van der Waals surface area contributed by atoms with Gasteiger partial charge in [0.05, 0.1) is 30.9 Å². The van der Waals surface area contributed by atoms with Crippen molar-refractivity contribution >= 4 is 24.1 Å². The van der Waals surface area contributed by atoms with Crippen molar-refractivity contribution in [3.63, 3.8) is 0 Å². The zero-order chi connectivity index (χ0) is 22.1. The molecule has 4 rings (SSSR count). The lowest BCUT2D eigenvalue weighted by Gasteiger charge is -2.29. The Bertz CT molecular complexity index is 1060. The minimum absolute atomic E-state index is 0.00886. The Morgan fingerprint density at radius 1 is 1.42 bits per heavy atom. The van der Waals surface area contributed by atoms with Crippen molar-refractivity contribution in [1.82, 2.24) is 20.2 Å². The number of carbonyl (C=O) groups is 1. The molecule has 1 aromatic heterocycles. The number of pyridine rings is 1. The predicted octanol–water partition coefficient (Wildman–Crippen LogP) is 0.680. The number of hydrogen-bond acceptors (Lipinski definition) is 8. The average Bonchev–Trinajstić information content (AvgIpc) is 3.42. The van der Waals surface area contributed by atoms with Gasteiger partial charge < -0.3 is 25.3 Å². The van der Waals surface area contributed by atoms with Crippen LogP contribution >= 0.6 is 0 Å². The molecule has 31 heavy (non-hydrogen) atoms. The van der Waals surface area contributed by atoms with E-state index in [0.717, 1.165) is 0 Å². The zero-order valence-electron chi connectivity index (χ0n) is 17.3. The Labute approximate surface area is 178 Å². The Morgan fingerprint density at radius 2 is 2.16 bits per heavy atom. The van der Waals surface area contributed by atoms with Crippen LogP contribution in [0.1, 0.15) is 19.4 Å². The molecular formula is C20H24FN7O3. The van der Waals surface area contributed by atoms with Crippen molar-refractivity contribution in [2.45, 2.75) is 31.6 Å². The Morgan fingerprint density at radius 3 is 2.74 bits per heavy atom. The van der Waals surface area contributed by atoms with Crippen molar-refractivity contribution in [2.24, 2.45) is 10.1 Å². The lowest BCUT2D eigenvalue weighted by molar-refractivity contribution is -0.117. The van der Waals surface area contributed by atoms with Crippen molar-refractivity contribution in [1.29, 1.82) is 0 Å². The van der Waals surface area contributed by atoms with E-state index in [2.05, 4.69) is 32.8 Å². The molecule has 3 N–H and O–H groups in total. The van der Waals surface area contributed by atoms with E-state index in [1.807, 2.05) is 0 Å². The number of hydrogen-bond donors (Lipinski definition) is 3. The summed E-state index contributed by atoms with van der Waals surface area (Å²) in [6.07, 6.45) is 2.65. The Hall–Kier alpha value is -3.47. The number of anilines is 1. The summed E-state index contributed by atoms with van der Waals surface area (Å²) in [5.41, 5.74) is 0.369. The molecular weight excluding hydrogens is 405 g/mol. The van der Waals surface area contributed by atoms with E-state index in [-0.39, 0.29) is 23.0 Å². The first-order valence-corrected chi connectivity index (χ1v) is 9.89. The number of alkyl halides is 1. The Balaban J connectivity index is 1.65. The van der Waals surface area contributed by atoms with Gasteiger partial charge in [-0.25, -0.2) is 9.38 Å². The maximum atomic E-state index is 13.2. The molecule has 164 valence electrons. The molecule has 0 radical (unpaired) electrons. The smallest absolute Gasteiger partial charge is 0.274 e. The van der Waals surface area contributed by atoms with Crippen LogP contribution in [-0.2, 0) is 9.53 Å². The zero-order valence-corrected chi connectivity index (χ0v) is 17.3. The highest BCUT2D eigenvalue weighted by molar-refractivity contribution is 6.06. The SMILES string of the molecule is C=NN1C(NC)=CC(Nc2cccn(C3COC3)c2=O)=N/C1=C(/C)C(=O)N[C@@H]1C[C@@H]1F. The van der Waals surface area contributed by atoms with Crippen LogP contribution in [0.25, 0.3) is 0 Å². The first kappa shape index (κ1) is 20.8. The molecule has 0 bridgehead atoms. The molecule has 1 amide bonds. The maximum Gasteiger partial charge on any atom is 0.274 e. The fourth-order valence-corrected chi connectivity index (χ4v) is 3.23. The second-order valence-corrected chi connectivity index (χ2v) is 7.46. The number of nitrogens with one attached hydrogen (secondary N) is 3. The highest BCUT2D eigenvalue weighted by Crippen LogP contribution is 2.27. The molecule has 2 fully saturated rings. The van der Waals surface area contributed by atoms with Gasteiger partial charge in [0.2, 0.25) is 0 Å². The summed E-state index contributed by atoms with van der Waals surface area (Å²) in [5.74, 6) is 0.594. The normalized spacial score (nSPS) is 24.4. The van der Waals surface area contributed by atoms with Gasteiger partial charge in [0, 0.05) is 32.5 Å². The standard InChI is InChI=1S/C20H24FN7O3/c1-11(19(29)25-15-7-13(15)21)18-26-16(8-17(22-2)28(18)23-3)24-14-5-4-6-27(20(14)30)12-9-31-10-12/h4-6,8,12-13,15,22H,3,7,9-10H2,1-2H3,(H,24,26)(H,25,29)/b18-11+/t13-,15+/m0/s1.